The van der Waals surface area contributed by atoms with Gasteiger partial charge in [0, 0.05) is 11.3 Å². The molecule has 96 valence electrons. The van der Waals surface area contributed by atoms with Gasteiger partial charge in [0.15, 0.2) is 5.13 Å². The van der Waals surface area contributed by atoms with E-state index >= 15 is 0 Å². The van der Waals surface area contributed by atoms with Crippen molar-refractivity contribution in [3.05, 3.63) is 11.1 Å². The summed E-state index contributed by atoms with van der Waals surface area (Å²) in [6, 6.07) is 0. The summed E-state index contributed by atoms with van der Waals surface area (Å²) in [5.41, 5.74) is 6.31. The minimum Gasteiger partial charge on any atom is -0.374 e. The molecule has 1 saturated carbocycles. The largest absolute Gasteiger partial charge is 0.374 e. The van der Waals surface area contributed by atoms with Gasteiger partial charge in [0.2, 0.25) is 5.13 Å². The molecule has 10 heteroatoms. The third-order valence-corrected chi connectivity index (χ3v) is 5.76. The highest BCUT2D eigenvalue weighted by Crippen LogP contribution is 2.41. The zero-order valence-corrected chi connectivity index (χ0v) is 11.5. The van der Waals surface area contributed by atoms with Crippen LogP contribution in [0.4, 0.5) is 10.3 Å². The van der Waals surface area contributed by atoms with Crippen LogP contribution in [0.2, 0.25) is 0 Å². The molecule has 1 fully saturated rings. The first kappa shape index (κ1) is 11.8. The highest BCUT2D eigenvalue weighted by atomic mass is 32.2. The molecular weight excluding hydrogens is 294 g/mol. The zero-order chi connectivity index (χ0) is 12.8. The normalized spacial score (nSPS) is 15.8. The molecule has 0 atom stereocenters. The second kappa shape index (κ2) is 4.14. The van der Waals surface area contributed by atoms with E-state index in [2.05, 4.69) is 19.9 Å². The van der Waals surface area contributed by atoms with Crippen molar-refractivity contribution in [2.75, 3.05) is 10.5 Å². The third kappa shape index (κ3) is 2.31. The van der Waals surface area contributed by atoms with E-state index in [0.717, 1.165) is 29.9 Å². The van der Waals surface area contributed by atoms with Gasteiger partial charge in [-0.25, -0.2) is 4.98 Å². The Labute approximate surface area is 111 Å². The lowest BCUT2D eigenvalue weighted by atomic mass is 10.3. The SMILES string of the molecule is Nc1nnc(S(=O)(=O)Nc2nc(C3CC3)cs2)s1. The fourth-order valence-electron chi connectivity index (χ4n) is 1.39. The highest BCUT2D eigenvalue weighted by Gasteiger charge is 2.27. The lowest BCUT2D eigenvalue weighted by Crippen LogP contribution is -2.12. The van der Waals surface area contributed by atoms with Gasteiger partial charge in [0.05, 0.1) is 5.69 Å². The summed E-state index contributed by atoms with van der Waals surface area (Å²) in [6.07, 6.45) is 2.26. The van der Waals surface area contributed by atoms with E-state index < -0.39 is 10.0 Å². The Morgan fingerprint density at radius 2 is 2.17 bits per heavy atom. The van der Waals surface area contributed by atoms with Crippen molar-refractivity contribution in [3.63, 3.8) is 0 Å². The zero-order valence-electron chi connectivity index (χ0n) is 9.03. The van der Waals surface area contributed by atoms with Crippen LogP contribution in [0.1, 0.15) is 24.5 Å². The Balaban J connectivity index is 1.81. The molecule has 3 N–H and O–H groups in total. The number of nitrogens with zero attached hydrogens (tertiary/aromatic N) is 3. The van der Waals surface area contributed by atoms with Crippen LogP contribution in [0.15, 0.2) is 9.72 Å². The second-order valence-corrected chi connectivity index (χ2v) is 7.59. The summed E-state index contributed by atoms with van der Waals surface area (Å²) < 4.78 is 26.1. The Kier molecular flexibility index (Phi) is 2.72. The summed E-state index contributed by atoms with van der Waals surface area (Å²) >= 11 is 2.09. The number of sulfonamides is 1. The molecule has 0 spiro atoms. The Morgan fingerprint density at radius 1 is 1.39 bits per heavy atom. The lowest BCUT2D eigenvalue weighted by Gasteiger charge is -1.99. The maximum Gasteiger partial charge on any atom is 0.293 e. The van der Waals surface area contributed by atoms with E-state index in [9.17, 15) is 8.42 Å². The fourth-order valence-corrected chi connectivity index (χ4v) is 4.22. The van der Waals surface area contributed by atoms with Crippen molar-refractivity contribution in [1.82, 2.24) is 15.2 Å². The van der Waals surface area contributed by atoms with Crippen LogP contribution >= 0.6 is 22.7 Å². The molecule has 0 saturated heterocycles. The van der Waals surface area contributed by atoms with Crippen LogP contribution in [0.25, 0.3) is 0 Å². The number of thiazole rings is 1. The van der Waals surface area contributed by atoms with Gasteiger partial charge in [-0.05, 0) is 12.8 Å². The molecular formula is C8H9N5O2S3. The molecule has 0 radical (unpaired) electrons. The first-order chi connectivity index (χ1) is 8.54. The van der Waals surface area contributed by atoms with E-state index in [1.165, 1.54) is 11.3 Å². The number of hydrogen-bond acceptors (Lipinski definition) is 8. The van der Waals surface area contributed by atoms with Crippen molar-refractivity contribution in [1.29, 1.82) is 0 Å². The summed E-state index contributed by atoms with van der Waals surface area (Å²) in [7, 11) is -3.72. The number of hydrogen-bond donors (Lipinski definition) is 2. The quantitative estimate of drug-likeness (QED) is 0.879. The van der Waals surface area contributed by atoms with E-state index in [1.807, 2.05) is 5.38 Å². The molecule has 1 aliphatic rings. The molecule has 1 aliphatic carbocycles. The van der Waals surface area contributed by atoms with E-state index in [4.69, 9.17) is 5.73 Å². The molecule has 3 rings (SSSR count). The van der Waals surface area contributed by atoms with Crippen LogP contribution in [0, 0.1) is 0 Å². The predicted octanol–water partition coefficient (Wildman–Crippen LogP) is 1.25. The number of nitrogens with two attached hydrogens (primary N) is 1. The van der Waals surface area contributed by atoms with Crippen LogP contribution < -0.4 is 10.5 Å². The molecule has 0 aromatic carbocycles. The average Bonchev–Trinajstić information content (AvgIpc) is 2.89. The maximum absolute atomic E-state index is 11.9. The minimum atomic E-state index is -3.72. The van der Waals surface area contributed by atoms with Crippen LogP contribution in [-0.4, -0.2) is 23.6 Å². The average molecular weight is 303 g/mol. The number of nitrogens with one attached hydrogen (secondary N) is 1. The van der Waals surface area contributed by atoms with E-state index in [0.29, 0.717) is 11.0 Å². The Bertz CT molecular complexity index is 672. The highest BCUT2D eigenvalue weighted by molar-refractivity contribution is 7.94. The predicted molar refractivity (Wildman–Crippen MR) is 69.2 cm³/mol. The van der Waals surface area contributed by atoms with Crippen LogP contribution in [0.5, 0.6) is 0 Å². The minimum absolute atomic E-state index is 0.119. The number of anilines is 2. The number of nitrogen functional groups attached to an aromatic ring is 1. The number of aromatic nitrogens is 3. The molecule has 7 nitrogen and oxygen atoms in total. The monoisotopic (exact) mass is 303 g/mol. The first-order valence-electron chi connectivity index (χ1n) is 5.12. The molecule has 2 aromatic rings. The third-order valence-electron chi connectivity index (χ3n) is 2.39. The van der Waals surface area contributed by atoms with Gasteiger partial charge in [-0.3, -0.25) is 4.72 Å². The Morgan fingerprint density at radius 3 is 2.78 bits per heavy atom. The fraction of sp³-hybridized carbons (Fsp3) is 0.375. The summed E-state index contributed by atoms with van der Waals surface area (Å²) in [4.78, 5) is 4.24. The summed E-state index contributed by atoms with van der Waals surface area (Å²) in [5, 5.41) is 9.34. The van der Waals surface area contributed by atoms with Crippen molar-refractivity contribution in [3.8, 4) is 0 Å². The van der Waals surface area contributed by atoms with Gasteiger partial charge in [0.25, 0.3) is 14.4 Å². The van der Waals surface area contributed by atoms with E-state index in [1.54, 1.807) is 0 Å². The van der Waals surface area contributed by atoms with Gasteiger partial charge < -0.3 is 5.73 Å². The first-order valence-corrected chi connectivity index (χ1v) is 8.30. The topological polar surface area (TPSA) is 111 Å². The molecule has 2 heterocycles. The number of rotatable bonds is 4. The van der Waals surface area contributed by atoms with Gasteiger partial charge >= 0.3 is 0 Å². The lowest BCUT2D eigenvalue weighted by molar-refractivity contribution is 0.599. The van der Waals surface area contributed by atoms with Crippen LogP contribution in [0.3, 0.4) is 0 Å². The van der Waals surface area contributed by atoms with Crippen molar-refractivity contribution in [2.24, 2.45) is 0 Å². The van der Waals surface area contributed by atoms with Gasteiger partial charge in [-0.15, -0.1) is 21.5 Å². The van der Waals surface area contributed by atoms with Crippen molar-refractivity contribution in [2.45, 2.75) is 23.1 Å². The van der Waals surface area contributed by atoms with E-state index in [-0.39, 0.29) is 9.47 Å². The van der Waals surface area contributed by atoms with Gasteiger partial charge in [-0.1, -0.05) is 11.3 Å². The molecule has 18 heavy (non-hydrogen) atoms. The van der Waals surface area contributed by atoms with Crippen molar-refractivity contribution < 1.29 is 8.42 Å². The molecule has 0 unspecified atom stereocenters. The standard InChI is InChI=1S/C8H9N5O2S3/c9-6-11-12-8(17-6)18(14,15)13-7-10-5(3-16-7)4-1-2-4/h3-4H,1-2H2,(H2,9,11)(H,10,13). The summed E-state index contributed by atoms with van der Waals surface area (Å²) in [6.45, 7) is 0. The van der Waals surface area contributed by atoms with Crippen LogP contribution in [-0.2, 0) is 10.0 Å². The van der Waals surface area contributed by atoms with Crippen molar-refractivity contribution >= 4 is 43.0 Å². The van der Waals surface area contributed by atoms with Gasteiger partial charge in [-0.2, -0.15) is 8.42 Å². The molecule has 0 aliphatic heterocycles. The maximum atomic E-state index is 11.9. The Hall–Kier alpha value is -1.26. The molecule has 0 amide bonds. The summed E-state index contributed by atoms with van der Waals surface area (Å²) in [5.74, 6) is 0.497. The van der Waals surface area contributed by atoms with Gasteiger partial charge in [0.1, 0.15) is 0 Å². The smallest absolute Gasteiger partial charge is 0.293 e. The molecule has 0 bridgehead atoms. The molecule has 2 aromatic heterocycles. The second-order valence-electron chi connectivity index (χ2n) is 3.86.